The van der Waals surface area contributed by atoms with Crippen molar-refractivity contribution in [1.29, 1.82) is 0 Å². The summed E-state index contributed by atoms with van der Waals surface area (Å²) in [6.45, 7) is 11.4. The molecule has 0 aliphatic heterocycles. The molecular weight excluding hydrogens is 745 g/mol. The first kappa shape index (κ1) is 27.5. The highest BCUT2D eigenvalue weighted by molar-refractivity contribution is 6.09. The smallest absolute Gasteiger partial charge is 0.269 e. The summed E-state index contributed by atoms with van der Waals surface area (Å²) < 4.78 is 99.6. The number of fused-ring (bicyclic) bond motifs is 5. The maximum atomic E-state index is 9.03. The van der Waals surface area contributed by atoms with E-state index in [1.54, 1.807) is 27.3 Å². The number of aryl methyl sites for hydroxylation is 1. The largest absolute Gasteiger partial charge is 0.458 e. The minimum atomic E-state index is -0.563. The van der Waals surface area contributed by atoms with Crippen LogP contribution in [0.2, 0.25) is 0 Å². The van der Waals surface area contributed by atoms with Crippen molar-refractivity contribution in [2.75, 3.05) is 0 Å². The average Bonchev–Trinajstić information content (AvgIpc) is 3.96. The van der Waals surface area contributed by atoms with Crippen LogP contribution in [0.3, 0.4) is 0 Å². The number of ether oxygens (including phenoxy) is 1. The van der Waals surface area contributed by atoms with Crippen molar-refractivity contribution in [3.63, 3.8) is 0 Å². The van der Waals surface area contributed by atoms with Gasteiger partial charge in [-0.1, -0.05) is 155 Å². The number of benzene rings is 7. The maximum absolute atomic E-state index is 9.03. The summed E-state index contributed by atoms with van der Waals surface area (Å²) in [6, 6.07) is 29.1. The second-order valence-electron chi connectivity index (χ2n) is 17.1. The molecule has 10 aromatic rings. The van der Waals surface area contributed by atoms with E-state index in [0.29, 0.717) is 28.2 Å². The van der Waals surface area contributed by atoms with Crippen LogP contribution < -0.4 is 9.30 Å². The Balaban J connectivity index is 1.08. The number of hydrogen-bond acceptors (Lipinski definition) is 2. The van der Waals surface area contributed by atoms with E-state index < -0.39 is 60.4 Å². The fraction of sp³-hybridized carbons (Fsp3) is 0.143. The van der Waals surface area contributed by atoms with Crippen LogP contribution in [0.5, 0.6) is 11.5 Å². The van der Waals surface area contributed by atoms with E-state index in [4.69, 9.17) is 23.4 Å². The molecule has 0 saturated carbocycles. The molecular formula is C56H46N4O. The molecule has 5 nitrogen and oxygen atoms in total. The predicted octanol–water partition coefficient (Wildman–Crippen LogP) is 13.6. The molecule has 0 saturated heterocycles. The monoisotopic (exact) mass is 800 g/mol. The lowest BCUT2D eigenvalue weighted by Gasteiger charge is -2.23. The molecule has 5 heteroatoms. The summed E-state index contributed by atoms with van der Waals surface area (Å²) >= 11 is 0. The molecule has 0 atom stereocenters. The van der Waals surface area contributed by atoms with Gasteiger partial charge >= 0.3 is 0 Å². The highest BCUT2D eigenvalue weighted by Gasteiger charge is 2.45. The Morgan fingerprint density at radius 3 is 2.00 bits per heavy atom. The third-order valence-corrected chi connectivity index (χ3v) is 12.0. The highest BCUT2D eigenvalue weighted by Crippen LogP contribution is 2.53. The Kier molecular flexibility index (Phi) is 6.28. The van der Waals surface area contributed by atoms with Crippen LogP contribution in [0.4, 0.5) is 0 Å². The molecule has 3 aromatic heterocycles. The second kappa shape index (κ2) is 13.9. The fourth-order valence-corrected chi connectivity index (χ4v) is 10.00. The standard InChI is InChI=1S/C56H46N4O/c1-37-34-57-54(52-51(37)55(2,3)35-56(52,4)5)60-47-27-13-12-24-45(47)46-31-30-42(33-50(46)60)61-41-23-16-22-40(32-41)58-36-59(49-29-15-14-28-48(49)58)53-43(38-18-8-6-9-19-38)25-17-26-44(53)39-20-10-7-11-21-39/h6-34H,35H2,1-5H3/i6D,7D,8D,9D,10D,11D,18D,19D,20D,21D. The zero-order chi connectivity index (χ0) is 50.2. The van der Waals surface area contributed by atoms with Gasteiger partial charge in [-0.25, -0.2) is 4.98 Å². The lowest BCUT2D eigenvalue weighted by atomic mass is 9.81. The van der Waals surface area contributed by atoms with Gasteiger partial charge in [-0.3, -0.25) is 13.7 Å². The van der Waals surface area contributed by atoms with Crippen LogP contribution in [-0.2, 0) is 10.8 Å². The molecule has 0 spiro atoms. The Morgan fingerprint density at radius 1 is 0.639 bits per heavy atom. The van der Waals surface area contributed by atoms with Gasteiger partial charge in [0, 0.05) is 28.6 Å². The van der Waals surface area contributed by atoms with E-state index in [0.717, 1.165) is 34.0 Å². The number of nitrogens with zero attached hydrogens (tertiary/aromatic N) is 4. The summed E-state index contributed by atoms with van der Waals surface area (Å²) in [4.78, 5) is 5.17. The predicted molar refractivity (Wildman–Crippen MR) is 249 cm³/mol. The van der Waals surface area contributed by atoms with Gasteiger partial charge in [-0.05, 0) is 94.0 Å². The topological polar surface area (TPSA) is 35.9 Å². The zero-order valence-electron chi connectivity index (χ0n) is 44.4. The van der Waals surface area contributed by atoms with Crippen molar-refractivity contribution in [3.8, 4) is 50.9 Å². The van der Waals surface area contributed by atoms with Crippen molar-refractivity contribution >= 4 is 32.8 Å². The van der Waals surface area contributed by atoms with Crippen molar-refractivity contribution in [1.82, 2.24) is 14.1 Å². The van der Waals surface area contributed by atoms with Gasteiger partial charge in [-0.15, -0.1) is 0 Å². The van der Waals surface area contributed by atoms with Gasteiger partial charge in [0.05, 0.1) is 47.1 Å². The van der Waals surface area contributed by atoms with E-state index in [9.17, 15) is 0 Å². The first-order valence-electron chi connectivity index (χ1n) is 25.4. The Bertz CT molecular complexity index is 3780. The van der Waals surface area contributed by atoms with Crippen LogP contribution >= 0.6 is 0 Å². The molecule has 0 radical (unpaired) electrons. The number of pyridine rings is 1. The Labute approximate surface area is 370 Å². The van der Waals surface area contributed by atoms with Crippen molar-refractivity contribution < 1.29 is 23.0 Å². The molecule has 0 amide bonds. The molecule has 61 heavy (non-hydrogen) atoms. The van der Waals surface area contributed by atoms with Gasteiger partial charge < -0.3 is 4.74 Å². The Morgan fingerprint density at radius 2 is 1.26 bits per heavy atom. The first-order chi connectivity index (χ1) is 33.8. The molecule has 0 unspecified atom stereocenters. The van der Waals surface area contributed by atoms with Gasteiger partial charge in [0.15, 0.2) is 0 Å². The number of hydrogen-bond donors (Lipinski definition) is 0. The van der Waals surface area contributed by atoms with Gasteiger partial charge in [0.25, 0.3) is 6.33 Å². The molecule has 0 bridgehead atoms. The summed E-state index contributed by atoms with van der Waals surface area (Å²) in [6.07, 6.45) is 6.45. The van der Waals surface area contributed by atoms with Crippen molar-refractivity contribution in [2.45, 2.75) is 51.9 Å². The van der Waals surface area contributed by atoms with E-state index in [2.05, 4.69) is 81.9 Å². The second-order valence-corrected chi connectivity index (χ2v) is 17.1. The number of aromatic nitrogens is 4. The van der Waals surface area contributed by atoms with Gasteiger partial charge in [0.2, 0.25) is 0 Å². The third kappa shape index (κ3) is 5.98. The van der Waals surface area contributed by atoms with E-state index in [1.165, 1.54) is 16.7 Å². The molecule has 7 aromatic carbocycles. The zero-order valence-corrected chi connectivity index (χ0v) is 34.4. The summed E-state index contributed by atoms with van der Waals surface area (Å²) in [5.74, 6) is 2.05. The van der Waals surface area contributed by atoms with E-state index >= 15 is 0 Å². The number of imidazole rings is 1. The lowest BCUT2D eigenvalue weighted by Crippen LogP contribution is -2.31. The molecule has 296 valence electrons. The first-order valence-corrected chi connectivity index (χ1v) is 20.4. The molecule has 0 fully saturated rings. The van der Waals surface area contributed by atoms with Crippen molar-refractivity contribution in [3.05, 3.63) is 199 Å². The minimum Gasteiger partial charge on any atom is -0.458 e. The highest BCUT2D eigenvalue weighted by atomic mass is 16.5. The normalized spacial score (nSPS) is 16.5. The summed E-state index contributed by atoms with van der Waals surface area (Å²) in [7, 11) is 0. The third-order valence-electron chi connectivity index (χ3n) is 12.0. The van der Waals surface area contributed by atoms with Crippen LogP contribution in [0.15, 0.2) is 176 Å². The maximum Gasteiger partial charge on any atom is 0.269 e. The Hall–Kier alpha value is -7.24. The van der Waals surface area contributed by atoms with Crippen LogP contribution in [0.25, 0.3) is 72.3 Å². The summed E-state index contributed by atoms with van der Waals surface area (Å²) in [5, 5.41) is 2.17. The van der Waals surface area contributed by atoms with E-state index in [-0.39, 0.29) is 38.8 Å². The molecule has 0 N–H and O–H groups in total. The molecule has 11 rings (SSSR count). The molecule has 3 heterocycles. The SMILES string of the molecule is [2H]c1c([2H])c([2H])c(-c2cccc(-c3c([2H])c([2H])c([2H])c([2H])c3[2H])c2-[n+]2[c-]n(-c3cccc(Oc4ccc5c6ccccc6n(-c6ncc(C)c7c6C(C)(C)CC7(C)C)c5c4)c3)c3ccccc32)c([2H])c1[2H]. The molecule has 1 aliphatic carbocycles. The van der Waals surface area contributed by atoms with Crippen LogP contribution in [0, 0.1) is 13.3 Å². The number of para-hydroxylation sites is 4. The number of rotatable bonds is 7. The van der Waals surface area contributed by atoms with Gasteiger partial charge in [0.1, 0.15) is 17.3 Å². The summed E-state index contributed by atoms with van der Waals surface area (Å²) in [5.41, 5.74) is 7.78. The lowest BCUT2D eigenvalue weighted by molar-refractivity contribution is -0.571. The van der Waals surface area contributed by atoms with Gasteiger partial charge in [-0.2, -0.15) is 0 Å². The quantitative estimate of drug-likeness (QED) is 0.119. The average molecular weight is 801 g/mol. The minimum absolute atomic E-state index is 0.0270. The fourth-order valence-electron chi connectivity index (χ4n) is 10.00. The van der Waals surface area contributed by atoms with Crippen LogP contribution in [0.1, 0.15) is 64.5 Å². The van der Waals surface area contributed by atoms with Crippen molar-refractivity contribution in [2.24, 2.45) is 0 Å². The van der Waals surface area contributed by atoms with E-state index in [1.807, 2.05) is 60.8 Å². The van der Waals surface area contributed by atoms with Crippen LogP contribution in [-0.4, -0.2) is 14.1 Å². The molecule has 1 aliphatic rings.